The standard InChI is InChI=1S/C24H27FN2O3/c1-16-13-17(2)15-27(14-16)24(30)20-5-3-4-6-21(20)26-23(29)12-11-22(28)18-7-9-19(25)10-8-18/h3-10,16-17H,11-15H2,1-2H3,(H,26,29). The monoisotopic (exact) mass is 410 g/mol. The molecule has 0 bridgehead atoms. The van der Waals surface area contributed by atoms with E-state index in [9.17, 15) is 18.8 Å². The number of nitrogens with one attached hydrogen (secondary N) is 1. The zero-order valence-electron chi connectivity index (χ0n) is 17.4. The van der Waals surface area contributed by atoms with Crippen molar-refractivity contribution < 1.29 is 18.8 Å². The van der Waals surface area contributed by atoms with E-state index in [4.69, 9.17) is 0 Å². The van der Waals surface area contributed by atoms with Gasteiger partial charge in [0, 0.05) is 31.5 Å². The average Bonchev–Trinajstić information content (AvgIpc) is 2.72. The molecule has 2 unspecified atom stereocenters. The Bertz CT molecular complexity index is 916. The van der Waals surface area contributed by atoms with E-state index in [-0.39, 0.29) is 30.4 Å². The van der Waals surface area contributed by atoms with E-state index in [0.29, 0.717) is 41.7 Å². The summed E-state index contributed by atoms with van der Waals surface area (Å²) in [5.41, 5.74) is 1.28. The van der Waals surface area contributed by atoms with Crippen molar-refractivity contribution in [3.63, 3.8) is 0 Å². The number of nitrogens with zero attached hydrogens (tertiary/aromatic N) is 1. The molecule has 0 aliphatic carbocycles. The number of anilines is 1. The molecule has 158 valence electrons. The molecule has 1 heterocycles. The predicted molar refractivity (Wildman–Crippen MR) is 114 cm³/mol. The summed E-state index contributed by atoms with van der Waals surface area (Å²) in [6.45, 7) is 5.69. The first-order valence-electron chi connectivity index (χ1n) is 10.3. The number of carbonyl (C=O) groups is 3. The highest BCUT2D eigenvalue weighted by Crippen LogP contribution is 2.25. The van der Waals surface area contributed by atoms with Crippen LogP contribution in [0.2, 0.25) is 0 Å². The van der Waals surface area contributed by atoms with E-state index in [0.717, 1.165) is 6.42 Å². The van der Waals surface area contributed by atoms with Crippen molar-refractivity contribution in [3.05, 3.63) is 65.5 Å². The summed E-state index contributed by atoms with van der Waals surface area (Å²) in [7, 11) is 0. The number of hydrogen-bond donors (Lipinski definition) is 1. The van der Waals surface area contributed by atoms with Crippen molar-refractivity contribution in [1.82, 2.24) is 4.90 Å². The predicted octanol–water partition coefficient (Wildman–Crippen LogP) is 4.55. The molecule has 3 rings (SSSR count). The molecule has 1 aliphatic rings. The SMILES string of the molecule is CC1CC(C)CN(C(=O)c2ccccc2NC(=O)CCC(=O)c2ccc(F)cc2)C1. The van der Waals surface area contributed by atoms with Gasteiger partial charge in [0.25, 0.3) is 5.91 Å². The zero-order valence-corrected chi connectivity index (χ0v) is 17.4. The number of Topliss-reactive ketones (excluding diaryl/α,β-unsaturated/α-hetero) is 1. The highest BCUT2D eigenvalue weighted by molar-refractivity contribution is 6.05. The summed E-state index contributed by atoms with van der Waals surface area (Å²) in [4.78, 5) is 39.5. The molecule has 1 saturated heterocycles. The summed E-state index contributed by atoms with van der Waals surface area (Å²) >= 11 is 0. The van der Waals surface area contributed by atoms with E-state index in [1.165, 1.54) is 24.3 Å². The van der Waals surface area contributed by atoms with Crippen LogP contribution in [-0.4, -0.2) is 35.6 Å². The Hall–Kier alpha value is -3.02. The van der Waals surface area contributed by atoms with Crippen LogP contribution in [0.5, 0.6) is 0 Å². The summed E-state index contributed by atoms with van der Waals surface area (Å²) in [6.07, 6.45) is 1.09. The van der Waals surface area contributed by atoms with Crippen LogP contribution in [-0.2, 0) is 4.79 Å². The Morgan fingerprint density at radius 3 is 2.27 bits per heavy atom. The Kier molecular flexibility index (Phi) is 6.98. The van der Waals surface area contributed by atoms with Gasteiger partial charge in [-0.05, 0) is 54.7 Å². The molecule has 0 spiro atoms. The molecule has 0 saturated carbocycles. The van der Waals surface area contributed by atoms with E-state index >= 15 is 0 Å². The van der Waals surface area contributed by atoms with Crippen LogP contribution < -0.4 is 5.32 Å². The van der Waals surface area contributed by atoms with Crippen molar-refractivity contribution in [3.8, 4) is 0 Å². The Morgan fingerprint density at radius 1 is 0.967 bits per heavy atom. The Labute approximate surface area is 176 Å². The maximum Gasteiger partial charge on any atom is 0.255 e. The van der Waals surface area contributed by atoms with Gasteiger partial charge in [-0.2, -0.15) is 0 Å². The van der Waals surface area contributed by atoms with E-state index in [1.54, 1.807) is 24.3 Å². The maximum absolute atomic E-state index is 13.1. The second-order valence-electron chi connectivity index (χ2n) is 8.18. The van der Waals surface area contributed by atoms with Crippen LogP contribution in [0.4, 0.5) is 10.1 Å². The van der Waals surface area contributed by atoms with Crippen LogP contribution in [0, 0.1) is 17.7 Å². The third-order valence-electron chi connectivity index (χ3n) is 5.33. The molecule has 1 N–H and O–H groups in total. The largest absolute Gasteiger partial charge is 0.338 e. The summed E-state index contributed by atoms with van der Waals surface area (Å²) in [5, 5.41) is 2.77. The molecule has 1 aliphatic heterocycles. The molecule has 0 radical (unpaired) electrons. The number of carbonyl (C=O) groups excluding carboxylic acids is 3. The number of halogens is 1. The minimum atomic E-state index is -0.414. The first kappa shape index (κ1) is 21.7. The van der Waals surface area contributed by atoms with E-state index in [2.05, 4.69) is 19.2 Å². The van der Waals surface area contributed by atoms with Gasteiger partial charge in [-0.15, -0.1) is 0 Å². The Balaban J connectivity index is 1.62. The van der Waals surface area contributed by atoms with Gasteiger partial charge < -0.3 is 10.2 Å². The van der Waals surface area contributed by atoms with Crippen molar-refractivity contribution in [1.29, 1.82) is 0 Å². The van der Waals surface area contributed by atoms with Gasteiger partial charge in [-0.1, -0.05) is 26.0 Å². The number of likely N-dealkylation sites (tertiary alicyclic amines) is 1. The first-order valence-corrected chi connectivity index (χ1v) is 10.3. The minimum Gasteiger partial charge on any atom is -0.338 e. The lowest BCUT2D eigenvalue weighted by Crippen LogP contribution is -2.42. The third-order valence-corrected chi connectivity index (χ3v) is 5.33. The molecular weight excluding hydrogens is 383 g/mol. The van der Waals surface area contributed by atoms with E-state index in [1.807, 2.05) is 4.90 Å². The van der Waals surface area contributed by atoms with Crippen molar-refractivity contribution in [2.75, 3.05) is 18.4 Å². The number of ketones is 1. The normalized spacial score (nSPS) is 18.7. The lowest BCUT2D eigenvalue weighted by molar-refractivity contribution is -0.116. The topological polar surface area (TPSA) is 66.5 Å². The minimum absolute atomic E-state index is 0.00866. The number of benzene rings is 2. The summed E-state index contributed by atoms with van der Waals surface area (Å²) < 4.78 is 13.0. The van der Waals surface area contributed by atoms with Gasteiger partial charge >= 0.3 is 0 Å². The third kappa shape index (κ3) is 5.53. The van der Waals surface area contributed by atoms with Gasteiger partial charge in [-0.3, -0.25) is 14.4 Å². The molecule has 5 nitrogen and oxygen atoms in total. The molecule has 0 aromatic heterocycles. The fourth-order valence-corrected chi connectivity index (χ4v) is 4.00. The second kappa shape index (κ2) is 9.65. The van der Waals surface area contributed by atoms with E-state index < -0.39 is 5.82 Å². The lowest BCUT2D eigenvalue weighted by Gasteiger charge is -2.35. The fraction of sp³-hybridized carbons (Fsp3) is 0.375. The first-order chi connectivity index (χ1) is 14.3. The second-order valence-corrected chi connectivity index (χ2v) is 8.18. The number of para-hydroxylation sites is 1. The molecular formula is C24H27FN2O3. The molecule has 1 fully saturated rings. The van der Waals surface area contributed by atoms with Crippen LogP contribution in [0.15, 0.2) is 48.5 Å². The van der Waals surface area contributed by atoms with Gasteiger partial charge in [-0.25, -0.2) is 4.39 Å². The van der Waals surface area contributed by atoms with Gasteiger partial charge in [0.05, 0.1) is 11.3 Å². The van der Waals surface area contributed by atoms with Crippen LogP contribution in [0.25, 0.3) is 0 Å². The quantitative estimate of drug-likeness (QED) is 0.711. The highest BCUT2D eigenvalue weighted by Gasteiger charge is 2.27. The number of amides is 2. The van der Waals surface area contributed by atoms with Crippen LogP contribution in [0.3, 0.4) is 0 Å². The summed E-state index contributed by atoms with van der Waals surface area (Å²) in [6, 6.07) is 12.2. The van der Waals surface area contributed by atoms with Crippen molar-refractivity contribution >= 4 is 23.3 Å². The van der Waals surface area contributed by atoms with Gasteiger partial charge in [0.1, 0.15) is 5.82 Å². The smallest absolute Gasteiger partial charge is 0.255 e. The van der Waals surface area contributed by atoms with Crippen molar-refractivity contribution in [2.45, 2.75) is 33.1 Å². The number of hydrogen-bond acceptors (Lipinski definition) is 3. The van der Waals surface area contributed by atoms with Gasteiger partial charge in [0.2, 0.25) is 5.91 Å². The molecule has 2 amide bonds. The Morgan fingerprint density at radius 2 is 1.60 bits per heavy atom. The molecule has 2 aromatic carbocycles. The molecule has 2 atom stereocenters. The number of piperidine rings is 1. The molecule has 2 aromatic rings. The van der Waals surface area contributed by atoms with Gasteiger partial charge in [0.15, 0.2) is 5.78 Å². The van der Waals surface area contributed by atoms with Crippen LogP contribution in [0.1, 0.15) is 53.8 Å². The number of rotatable bonds is 6. The fourth-order valence-electron chi connectivity index (χ4n) is 4.00. The van der Waals surface area contributed by atoms with Crippen molar-refractivity contribution in [2.24, 2.45) is 11.8 Å². The maximum atomic E-state index is 13.1. The highest BCUT2D eigenvalue weighted by atomic mass is 19.1. The summed E-state index contributed by atoms with van der Waals surface area (Å²) in [5.74, 6) is -0.194. The average molecular weight is 410 g/mol. The van der Waals surface area contributed by atoms with Crippen LogP contribution >= 0.6 is 0 Å². The zero-order chi connectivity index (χ0) is 21.7. The molecule has 30 heavy (non-hydrogen) atoms. The lowest BCUT2D eigenvalue weighted by atomic mass is 9.91. The molecule has 6 heteroatoms.